The van der Waals surface area contributed by atoms with E-state index in [1.807, 2.05) is 31.3 Å². The van der Waals surface area contributed by atoms with Crippen molar-refractivity contribution < 1.29 is 5.11 Å². The quantitative estimate of drug-likeness (QED) is 0.654. The summed E-state index contributed by atoms with van der Waals surface area (Å²) < 4.78 is 1.86. The summed E-state index contributed by atoms with van der Waals surface area (Å²) in [7, 11) is 1.93. The minimum absolute atomic E-state index is 0.243. The van der Waals surface area contributed by atoms with E-state index < -0.39 is 0 Å². The maximum absolute atomic E-state index is 9.51. The third kappa shape index (κ3) is 3.00. The van der Waals surface area contributed by atoms with Crippen LogP contribution in [0.4, 0.5) is 5.69 Å². The van der Waals surface area contributed by atoms with Gasteiger partial charge in [0.2, 0.25) is 0 Å². The van der Waals surface area contributed by atoms with Crippen LogP contribution < -0.4 is 5.32 Å². The second-order valence-corrected chi connectivity index (χ2v) is 6.90. The molecule has 1 heterocycles. The number of hydrogen-bond donors (Lipinski definition) is 2. The molecule has 0 radical (unpaired) electrons. The van der Waals surface area contributed by atoms with E-state index in [4.69, 9.17) is 0 Å². The molecule has 0 aliphatic heterocycles. The minimum atomic E-state index is 0.243. The molecule has 0 fully saturated rings. The summed E-state index contributed by atoms with van der Waals surface area (Å²) in [5.74, 6) is 0.243. The fourth-order valence-corrected chi connectivity index (χ4v) is 3.52. The number of fused-ring (bicyclic) bond motifs is 1. The number of benzene rings is 2. The highest BCUT2D eigenvalue weighted by atomic mass is 79.9. The van der Waals surface area contributed by atoms with Crippen LogP contribution >= 0.6 is 27.3 Å². The van der Waals surface area contributed by atoms with Gasteiger partial charge in [-0.2, -0.15) is 0 Å². The highest BCUT2D eigenvalue weighted by Gasteiger charge is 2.05. The molecule has 22 heavy (non-hydrogen) atoms. The Morgan fingerprint density at radius 3 is 2.77 bits per heavy atom. The number of nitrogens with zero attached hydrogens (tertiary/aromatic N) is 1. The first-order valence-electron chi connectivity index (χ1n) is 6.82. The standard InChI is InChI=1S/C17H15BrN2OS/c1-10-7-14-16(9-13(10)19-2)22-17(20-14)6-4-11-3-5-15(21)12(18)8-11/h3-9,19,21H,1-2H3/b6-4+. The van der Waals surface area contributed by atoms with E-state index in [1.165, 1.54) is 10.3 Å². The fourth-order valence-electron chi connectivity index (χ4n) is 2.23. The third-order valence-electron chi connectivity index (χ3n) is 3.41. The average Bonchev–Trinajstić information content (AvgIpc) is 2.89. The topological polar surface area (TPSA) is 45.1 Å². The molecular weight excluding hydrogens is 360 g/mol. The maximum atomic E-state index is 9.51. The zero-order valence-corrected chi connectivity index (χ0v) is 14.6. The Balaban J connectivity index is 1.93. The first-order chi connectivity index (χ1) is 10.6. The molecule has 2 N–H and O–H groups in total. The second kappa shape index (κ2) is 6.10. The third-order valence-corrected chi connectivity index (χ3v) is 5.03. The van der Waals surface area contributed by atoms with Gasteiger partial charge < -0.3 is 10.4 Å². The molecule has 0 amide bonds. The van der Waals surface area contributed by atoms with Crippen molar-refractivity contribution in [2.24, 2.45) is 0 Å². The number of phenols is 1. The highest BCUT2D eigenvalue weighted by molar-refractivity contribution is 9.10. The number of anilines is 1. The van der Waals surface area contributed by atoms with Crippen LogP contribution in [0.3, 0.4) is 0 Å². The molecule has 0 atom stereocenters. The molecule has 0 unspecified atom stereocenters. The van der Waals surface area contributed by atoms with Gasteiger partial charge in [-0.05, 0) is 64.3 Å². The molecule has 0 bridgehead atoms. The Kier molecular flexibility index (Phi) is 4.18. The van der Waals surface area contributed by atoms with Gasteiger partial charge in [-0.25, -0.2) is 4.98 Å². The normalized spacial score (nSPS) is 11.4. The fraction of sp³-hybridized carbons (Fsp3) is 0.118. The Labute approximate surface area is 141 Å². The number of thiazole rings is 1. The van der Waals surface area contributed by atoms with Crippen LogP contribution in [-0.4, -0.2) is 17.1 Å². The molecule has 3 aromatic rings. The van der Waals surface area contributed by atoms with Gasteiger partial charge in [0.15, 0.2) is 0 Å². The first kappa shape index (κ1) is 15.1. The lowest BCUT2D eigenvalue weighted by Gasteiger charge is -2.03. The molecule has 0 aliphatic rings. The lowest BCUT2D eigenvalue weighted by molar-refractivity contribution is 0.472. The second-order valence-electron chi connectivity index (χ2n) is 4.98. The van der Waals surface area contributed by atoms with Gasteiger partial charge >= 0.3 is 0 Å². The Morgan fingerprint density at radius 1 is 1.23 bits per heavy atom. The molecule has 1 aromatic heterocycles. The van der Waals surface area contributed by atoms with Gasteiger partial charge in [0.05, 0.1) is 14.7 Å². The van der Waals surface area contributed by atoms with E-state index in [0.29, 0.717) is 4.47 Å². The Bertz CT molecular complexity index is 870. The molecular formula is C17H15BrN2OS. The minimum Gasteiger partial charge on any atom is -0.507 e. The van der Waals surface area contributed by atoms with Crippen molar-refractivity contribution in [3.8, 4) is 5.75 Å². The van der Waals surface area contributed by atoms with E-state index in [2.05, 4.69) is 45.3 Å². The van der Waals surface area contributed by atoms with Crippen molar-refractivity contribution in [1.29, 1.82) is 0 Å². The number of phenolic OH excluding ortho intramolecular Hbond substituents is 1. The monoisotopic (exact) mass is 374 g/mol. The molecule has 0 saturated carbocycles. The van der Waals surface area contributed by atoms with Gasteiger partial charge in [-0.15, -0.1) is 11.3 Å². The van der Waals surface area contributed by atoms with Crippen molar-refractivity contribution in [2.45, 2.75) is 6.92 Å². The predicted molar refractivity (Wildman–Crippen MR) is 98.6 cm³/mol. The van der Waals surface area contributed by atoms with Crippen molar-refractivity contribution in [3.05, 3.63) is 50.9 Å². The molecule has 3 nitrogen and oxygen atoms in total. The molecule has 3 rings (SSSR count). The van der Waals surface area contributed by atoms with Crippen molar-refractivity contribution in [3.63, 3.8) is 0 Å². The van der Waals surface area contributed by atoms with E-state index >= 15 is 0 Å². The zero-order chi connectivity index (χ0) is 15.7. The van der Waals surface area contributed by atoms with Crippen LogP contribution in [0.5, 0.6) is 5.75 Å². The lowest BCUT2D eigenvalue weighted by atomic mass is 10.2. The van der Waals surface area contributed by atoms with Crippen LogP contribution in [-0.2, 0) is 0 Å². The number of halogens is 1. The van der Waals surface area contributed by atoms with Crippen LogP contribution in [0.1, 0.15) is 16.1 Å². The largest absolute Gasteiger partial charge is 0.507 e. The number of aryl methyl sites for hydroxylation is 1. The summed E-state index contributed by atoms with van der Waals surface area (Å²) in [6.07, 6.45) is 3.99. The van der Waals surface area contributed by atoms with Crippen molar-refractivity contribution in [1.82, 2.24) is 4.98 Å². The number of rotatable bonds is 3. The zero-order valence-electron chi connectivity index (χ0n) is 12.2. The molecule has 112 valence electrons. The van der Waals surface area contributed by atoms with Gasteiger partial charge in [0.25, 0.3) is 0 Å². The molecule has 0 saturated heterocycles. The average molecular weight is 375 g/mol. The van der Waals surface area contributed by atoms with Gasteiger partial charge in [0.1, 0.15) is 10.8 Å². The summed E-state index contributed by atoms with van der Waals surface area (Å²) in [5, 5.41) is 13.7. The molecule has 0 aliphatic carbocycles. The number of nitrogens with one attached hydrogen (secondary N) is 1. The summed E-state index contributed by atoms with van der Waals surface area (Å²) >= 11 is 4.98. The Morgan fingerprint density at radius 2 is 2.05 bits per heavy atom. The van der Waals surface area contributed by atoms with Crippen molar-refractivity contribution >= 4 is 55.3 Å². The van der Waals surface area contributed by atoms with E-state index in [1.54, 1.807) is 17.4 Å². The Hall–Kier alpha value is -1.85. The predicted octanol–water partition coefficient (Wildman–Crippen LogP) is 5.28. The SMILES string of the molecule is CNc1cc2sc(/C=C/c3ccc(O)c(Br)c3)nc2cc1C. The summed E-state index contributed by atoms with van der Waals surface area (Å²) in [4.78, 5) is 4.65. The van der Waals surface area contributed by atoms with Gasteiger partial charge in [-0.1, -0.05) is 12.1 Å². The molecule has 2 aromatic carbocycles. The van der Waals surface area contributed by atoms with E-state index in [-0.39, 0.29) is 5.75 Å². The summed E-state index contributed by atoms with van der Waals surface area (Å²) in [6, 6.07) is 9.66. The van der Waals surface area contributed by atoms with Crippen LogP contribution in [0.2, 0.25) is 0 Å². The van der Waals surface area contributed by atoms with Crippen LogP contribution in [0, 0.1) is 6.92 Å². The maximum Gasteiger partial charge on any atom is 0.129 e. The number of aromatic hydroxyl groups is 1. The van der Waals surface area contributed by atoms with E-state index in [9.17, 15) is 5.11 Å². The van der Waals surface area contributed by atoms with Crippen LogP contribution in [0.25, 0.3) is 22.4 Å². The smallest absolute Gasteiger partial charge is 0.129 e. The van der Waals surface area contributed by atoms with Crippen LogP contribution in [0.15, 0.2) is 34.8 Å². The summed E-state index contributed by atoms with van der Waals surface area (Å²) in [6.45, 7) is 2.08. The van der Waals surface area contributed by atoms with Crippen molar-refractivity contribution in [2.75, 3.05) is 12.4 Å². The molecule has 5 heteroatoms. The lowest BCUT2D eigenvalue weighted by Crippen LogP contribution is -1.90. The van der Waals surface area contributed by atoms with E-state index in [0.717, 1.165) is 21.8 Å². The summed E-state index contributed by atoms with van der Waals surface area (Å²) in [5.41, 5.74) is 4.36. The van der Waals surface area contributed by atoms with Gasteiger partial charge in [-0.3, -0.25) is 0 Å². The molecule has 0 spiro atoms. The first-order valence-corrected chi connectivity index (χ1v) is 8.43. The highest BCUT2D eigenvalue weighted by Crippen LogP contribution is 2.29. The number of aromatic nitrogens is 1. The van der Waals surface area contributed by atoms with Gasteiger partial charge in [0, 0.05) is 12.7 Å². The number of hydrogen-bond acceptors (Lipinski definition) is 4.